The molecule has 0 aliphatic carbocycles. The number of aliphatic carboxylic acids is 1. The highest BCUT2D eigenvalue weighted by molar-refractivity contribution is 5.69. The van der Waals surface area contributed by atoms with Gasteiger partial charge in [-0.3, -0.25) is 4.79 Å². The van der Waals surface area contributed by atoms with Gasteiger partial charge in [0.05, 0.1) is 12.0 Å². The van der Waals surface area contributed by atoms with E-state index >= 15 is 0 Å². The Hall–Kier alpha value is -1.61. The first-order valence-electron chi connectivity index (χ1n) is 20.5. The van der Waals surface area contributed by atoms with E-state index in [1.807, 2.05) is 6.92 Å². The van der Waals surface area contributed by atoms with Gasteiger partial charge in [0.15, 0.2) is 0 Å². The van der Waals surface area contributed by atoms with Gasteiger partial charge < -0.3 is 9.84 Å². The summed E-state index contributed by atoms with van der Waals surface area (Å²) in [5.41, 5.74) is 2.53. The lowest BCUT2D eigenvalue weighted by Crippen LogP contribution is -2.06. The van der Waals surface area contributed by atoms with Gasteiger partial charge in [0, 0.05) is 7.11 Å². The highest BCUT2D eigenvalue weighted by Crippen LogP contribution is 2.17. The van der Waals surface area contributed by atoms with Crippen LogP contribution in [0.15, 0.2) is 42.5 Å². The molecule has 0 radical (unpaired) electrons. The van der Waals surface area contributed by atoms with E-state index in [4.69, 9.17) is 9.84 Å². The van der Waals surface area contributed by atoms with Crippen molar-refractivity contribution in [1.82, 2.24) is 0 Å². The van der Waals surface area contributed by atoms with Crippen molar-refractivity contribution < 1.29 is 14.6 Å². The van der Waals surface area contributed by atoms with Crippen molar-refractivity contribution in [2.75, 3.05) is 7.11 Å². The predicted molar refractivity (Wildman–Crippen MR) is 234 cm³/mol. The van der Waals surface area contributed by atoms with E-state index < -0.39 is 5.97 Å². The Morgan fingerprint density at radius 3 is 1.10 bits per heavy atom. The first-order chi connectivity index (χ1) is 23.1. The normalized spacial score (nSPS) is 11.9. The molecule has 3 atom stereocenters. The average molecular weight is 711 g/mol. The maximum Gasteiger partial charge on any atom is 0.306 e. The zero-order chi connectivity index (χ0) is 41.2. The Bertz CT molecular complexity index is 712. The van der Waals surface area contributed by atoms with Gasteiger partial charge in [0.1, 0.15) is 0 Å². The molecule has 0 aromatic heterocycles. The van der Waals surface area contributed by atoms with Crippen LogP contribution in [-0.4, -0.2) is 24.3 Å². The molecule has 50 heavy (non-hydrogen) atoms. The van der Waals surface area contributed by atoms with Gasteiger partial charge in [-0.25, -0.2) is 0 Å². The molecule has 0 aliphatic rings. The lowest BCUT2D eigenvalue weighted by atomic mass is 9.94. The van der Waals surface area contributed by atoms with Crippen LogP contribution < -0.4 is 0 Å². The third kappa shape index (κ3) is 80.8. The number of carboxylic acids is 1. The minimum absolute atomic E-state index is 0.181. The highest BCUT2D eigenvalue weighted by Gasteiger charge is 2.05. The Kier molecular flexibility index (Phi) is 60.1. The number of unbranched alkanes of at least 4 members (excludes halogenated alkanes) is 1. The molecular formula is C47H98O3. The van der Waals surface area contributed by atoms with Gasteiger partial charge in [0.25, 0.3) is 0 Å². The number of hydrogen-bond donors (Lipinski definition) is 1. The maximum absolute atomic E-state index is 9.93. The summed E-state index contributed by atoms with van der Waals surface area (Å²) in [7, 11) is 1.73. The summed E-state index contributed by atoms with van der Waals surface area (Å²) in [6, 6.07) is 10.6. The molecule has 304 valence electrons. The van der Waals surface area contributed by atoms with E-state index in [0.717, 1.165) is 18.8 Å². The van der Waals surface area contributed by atoms with Crippen molar-refractivity contribution in [2.24, 2.45) is 22.7 Å². The monoisotopic (exact) mass is 711 g/mol. The van der Waals surface area contributed by atoms with Crippen LogP contribution in [0.5, 0.6) is 0 Å². The molecule has 3 heteroatoms. The summed E-state index contributed by atoms with van der Waals surface area (Å²) >= 11 is 0. The van der Waals surface area contributed by atoms with Crippen LogP contribution >= 0.6 is 0 Å². The zero-order valence-electron chi connectivity index (χ0n) is 38.7. The molecule has 1 rings (SSSR count). The molecule has 0 spiro atoms. The minimum atomic E-state index is -0.706. The number of hydrogen-bond acceptors (Lipinski definition) is 2. The van der Waals surface area contributed by atoms with Crippen LogP contribution in [0.1, 0.15) is 221 Å². The maximum atomic E-state index is 9.93. The second-order valence-electron chi connectivity index (χ2n) is 15.7. The van der Waals surface area contributed by atoms with Crippen LogP contribution in [0.3, 0.4) is 0 Å². The van der Waals surface area contributed by atoms with Gasteiger partial charge in [-0.1, -0.05) is 213 Å². The topological polar surface area (TPSA) is 46.5 Å². The summed E-state index contributed by atoms with van der Waals surface area (Å²) < 4.78 is 4.90. The molecule has 0 heterocycles. The Morgan fingerprint density at radius 2 is 0.980 bits per heavy atom. The Labute approximate surface area is 319 Å². The van der Waals surface area contributed by atoms with E-state index in [0.29, 0.717) is 22.9 Å². The van der Waals surface area contributed by atoms with Crippen LogP contribution in [-0.2, 0) is 9.53 Å². The van der Waals surface area contributed by atoms with E-state index in [1.165, 1.54) is 56.9 Å². The number of methoxy groups -OCH3 is 1. The van der Waals surface area contributed by atoms with Crippen molar-refractivity contribution in [3.05, 3.63) is 48.0 Å². The number of benzene rings is 1. The summed E-state index contributed by atoms with van der Waals surface area (Å²) in [4.78, 5) is 9.93. The second kappa shape index (κ2) is 47.4. The number of allylic oxidation sites excluding steroid dienone is 2. The van der Waals surface area contributed by atoms with E-state index in [1.54, 1.807) is 14.0 Å². The quantitative estimate of drug-likeness (QED) is 0.246. The number of carbonyl (C=O) groups is 1. The zero-order valence-corrected chi connectivity index (χ0v) is 38.7. The third-order valence-corrected chi connectivity index (χ3v) is 8.07. The smallest absolute Gasteiger partial charge is 0.306 e. The fourth-order valence-electron chi connectivity index (χ4n) is 1.69. The summed E-state index contributed by atoms with van der Waals surface area (Å²) in [5.74, 6) is 0.707. The van der Waals surface area contributed by atoms with Crippen molar-refractivity contribution in [2.45, 2.75) is 222 Å². The lowest BCUT2D eigenvalue weighted by molar-refractivity contribution is -0.141. The van der Waals surface area contributed by atoms with Gasteiger partial charge in [-0.05, 0) is 67.3 Å². The van der Waals surface area contributed by atoms with Crippen LogP contribution in [0.2, 0.25) is 0 Å². The van der Waals surface area contributed by atoms with E-state index in [9.17, 15) is 4.79 Å². The van der Waals surface area contributed by atoms with Crippen molar-refractivity contribution in [3.8, 4) is 0 Å². The Morgan fingerprint density at radius 1 is 0.640 bits per heavy atom. The molecule has 3 unspecified atom stereocenters. The fourth-order valence-corrected chi connectivity index (χ4v) is 1.69. The average Bonchev–Trinajstić information content (AvgIpc) is 3.10. The number of rotatable bonds is 10. The van der Waals surface area contributed by atoms with Crippen LogP contribution in [0.4, 0.5) is 0 Å². The first kappa shape index (κ1) is 63.4. The fraction of sp³-hybridized carbons (Fsp3) is 0.809. The standard InChI is InChI=1S/C10H14.2C6H14.C6H12.C5H10O2.C5H12O.C5H12.C4H10/c1-3-9(2)10-7-5-4-6-8-10;2*1-5-6(2,3)4;1-3-5-6-4-2;1-3-4(2)5(6)7;1-4-5(2)6-3;1-4-5(2)3;1-3-4-2/h4-9H,3H2,1-2H3;2*5H2,1-4H3;5-6H,3-4H2,1-2H3;4H,3H2,1-2H3,(H,6,7);5H,4H2,1-3H3;5H,4H2,1-3H3;3-4H2,1-2H3. The summed E-state index contributed by atoms with van der Waals surface area (Å²) in [6.45, 7) is 45.4. The van der Waals surface area contributed by atoms with Gasteiger partial charge in [-0.15, -0.1) is 0 Å². The lowest BCUT2D eigenvalue weighted by Gasteiger charge is -2.12. The molecule has 0 fully saturated rings. The minimum Gasteiger partial charge on any atom is -0.481 e. The molecule has 0 amide bonds. The molecule has 0 bridgehead atoms. The molecule has 0 saturated carbocycles. The summed E-state index contributed by atoms with van der Waals surface area (Å²) in [6.07, 6.45) is 16.7. The van der Waals surface area contributed by atoms with Gasteiger partial charge in [0.2, 0.25) is 0 Å². The van der Waals surface area contributed by atoms with Crippen LogP contribution in [0.25, 0.3) is 0 Å². The molecular weight excluding hydrogens is 613 g/mol. The van der Waals surface area contributed by atoms with Crippen LogP contribution in [0, 0.1) is 22.7 Å². The molecule has 1 N–H and O–H groups in total. The predicted octanol–water partition coefficient (Wildman–Crippen LogP) is 16.9. The molecule has 0 saturated heterocycles. The molecule has 1 aromatic rings. The molecule has 3 nitrogen and oxygen atoms in total. The van der Waals surface area contributed by atoms with E-state index in [2.05, 4.69) is 174 Å². The van der Waals surface area contributed by atoms with Crippen molar-refractivity contribution in [3.63, 3.8) is 0 Å². The molecule has 1 aromatic carbocycles. The van der Waals surface area contributed by atoms with Crippen molar-refractivity contribution in [1.29, 1.82) is 0 Å². The van der Waals surface area contributed by atoms with Gasteiger partial charge in [-0.2, -0.15) is 0 Å². The van der Waals surface area contributed by atoms with Gasteiger partial charge >= 0.3 is 5.97 Å². The molecule has 0 aliphatic heterocycles. The Balaban J connectivity index is -0.0000000858. The summed E-state index contributed by atoms with van der Waals surface area (Å²) in [5, 5.41) is 8.18. The highest BCUT2D eigenvalue weighted by atomic mass is 16.5. The third-order valence-electron chi connectivity index (χ3n) is 8.07. The second-order valence-corrected chi connectivity index (χ2v) is 15.7. The first-order valence-corrected chi connectivity index (χ1v) is 20.5. The number of carboxylic acid groups (broad SMARTS) is 1. The van der Waals surface area contributed by atoms with Crippen molar-refractivity contribution >= 4 is 5.97 Å². The number of ether oxygens (including phenoxy) is 1. The van der Waals surface area contributed by atoms with E-state index in [-0.39, 0.29) is 5.92 Å². The largest absolute Gasteiger partial charge is 0.481 e. The SMILES string of the molecule is CCC(C)(C)C.CCC(C)(C)C.CCC(C)C.CCC(C)C(=O)O.CCC(C)OC.CCC(C)c1ccccc1.CCC=CCC.CCCC.